The molecule has 1 atom stereocenters. The van der Waals surface area contributed by atoms with Crippen LogP contribution in [0.5, 0.6) is 23.0 Å². The van der Waals surface area contributed by atoms with E-state index in [1.807, 2.05) is 0 Å². The third-order valence-corrected chi connectivity index (χ3v) is 3.83. The second kappa shape index (κ2) is 5.79. The average molecular weight is 308 g/mol. The monoisotopic (exact) mass is 308 g/mol. The lowest BCUT2D eigenvalue weighted by atomic mass is 9.98. The van der Waals surface area contributed by atoms with Crippen molar-refractivity contribution in [3.05, 3.63) is 17.2 Å². The maximum Gasteiger partial charge on any atom is 0.306 e. The minimum absolute atomic E-state index is 0.0545. The van der Waals surface area contributed by atoms with E-state index in [0.717, 1.165) is 0 Å². The number of aromatic hydroxyl groups is 2. The molecule has 0 aliphatic carbocycles. The summed E-state index contributed by atoms with van der Waals surface area (Å²) in [6.07, 6.45) is 4.25. The number of cyclic esters (lactones) is 1. The fraction of sp³-hybridized carbons (Fsp3) is 0.438. The first-order valence-corrected chi connectivity index (χ1v) is 6.90. The Morgan fingerprint density at radius 2 is 1.77 bits per heavy atom. The second-order valence-electron chi connectivity index (χ2n) is 5.42. The Hall–Kier alpha value is -2.37. The van der Waals surface area contributed by atoms with E-state index in [1.54, 1.807) is 26.0 Å². The molecule has 6 heteroatoms. The van der Waals surface area contributed by atoms with Gasteiger partial charge in [0.05, 0.1) is 14.2 Å². The van der Waals surface area contributed by atoms with Crippen LogP contribution in [0.15, 0.2) is 6.08 Å². The van der Waals surface area contributed by atoms with E-state index in [4.69, 9.17) is 14.2 Å². The van der Waals surface area contributed by atoms with Crippen molar-refractivity contribution in [1.82, 2.24) is 0 Å². The van der Waals surface area contributed by atoms with Gasteiger partial charge in [-0.1, -0.05) is 6.08 Å². The highest BCUT2D eigenvalue weighted by Gasteiger charge is 2.33. The Morgan fingerprint density at radius 3 is 2.27 bits per heavy atom. The topological polar surface area (TPSA) is 85.2 Å². The largest absolute Gasteiger partial charge is 0.504 e. The first-order chi connectivity index (χ1) is 10.3. The van der Waals surface area contributed by atoms with E-state index >= 15 is 0 Å². The molecule has 1 unspecified atom stereocenters. The predicted octanol–water partition coefficient (Wildman–Crippen LogP) is 2.53. The van der Waals surface area contributed by atoms with Crippen molar-refractivity contribution in [2.75, 3.05) is 14.2 Å². The number of carbonyl (C=O) groups is 1. The van der Waals surface area contributed by atoms with Gasteiger partial charge in [0.1, 0.15) is 5.60 Å². The summed E-state index contributed by atoms with van der Waals surface area (Å²) in [4.78, 5) is 11.3. The van der Waals surface area contributed by atoms with Crippen molar-refractivity contribution >= 4 is 12.0 Å². The van der Waals surface area contributed by atoms with Crippen LogP contribution in [-0.2, 0) is 9.53 Å². The molecule has 22 heavy (non-hydrogen) atoms. The van der Waals surface area contributed by atoms with Crippen LogP contribution in [0.1, 0.15) is 30.9 Å². The predicted molar refractivity (Wildman–Crippen MR) is 80.4 cm³/mol. The quantitative estimate of drug-likeness (QED) is 0.657. The van der Waals surface area contributed by atoms with Crippen molar-refractivity contribution < 1.29 is 29.2 Å². The molecular weight excluding hydrogens is 288 g/mol. The van der Waals surface area contributed by atoms with Crippen LogP contribution in [0.25, 0.3) is 6.08 Å². The van der Waals surface area contributed by atoms with Gasteiger partial charge < -0.3 is 24.4 Å². The van der Waals surface area contributed by atoms with Crippen molar-refractivity contribution in [2.24, 2.45) is 0 Å². The summed E-state index contributed by atoms with van der Waals surface area (Å²) in [7, 11) is 2.75. The summed E-state index contributed by atoms with van der Waals surface area (Å²) < 4.78 is 15.4. The van der Waals surface area contributed by atoms with Gasteiger partial charge >= 0.3 is 5.97 Å². The molecule has 1 saturated heterocycles. The molecule has 1 aromatic carbocycles. The highest BCUT2D eigenvalue weighted by atomic mass is 16.6. The smallest absolute Gasteiger partial charge is 0.306 e. The van der Waals surface area contributed by atoms with Crippen molar-refractivity contribution in [3.8, 4) is 23.0 Å². The molecule has 2 rings (SSSR count). The molecule has 0 saturated carbocycles. The standard InChI is InChI=1S/C16H20O6/c1-9-10(5-7-16(2)8-6-11(17)22-16)13(19)15(21-4)14(20-3)12(9)18/h5,7,18-19H,6,8H2,1-4H3/b7-5+. The Balaban J connectivity index is 2.48. The molecule has 1 aromatic rings. The van der Waals surface area contributed by atoms with Gasteiger partial charge in [-0.05, 0) is 19.9 Å². The normalized spacial score (nSPS) is 21.2. The second-order valence-corrected chi connectivity index (χ2v) is 5.42. The molecule has 1 aliphatic rings. The number of phenolic OH excluding ortho intramolecular Hbond substituents is 2. The van der Waals surface area contributed by atoms with E-state index in [1.165, 1.54) is 14.2 Å². The molecule has 2 N–H and O–H groups in total. The Bertz CT molecular complexity index is 634. The minimum atomic E-state index is -0.710. The molecule has 0 spiro atoms. The molecule has 0 amide bonds. The summed E-state index contributed by atoms with van der Waals surface area (Å²) in [5.74, 6) is -0.362. The molecule has 0 aromatic heterocycles. The van der Waals surface area contributed by atoms with Gasteiger partial charge in [-0.3, -0.25) is 4.79 Å². The zero-order valence-electron chi connectivity index (χ0n) is 13.1. The first-order valence-electron chi connectivity index (χ1n) is 6.90. The summed E-state index contributed by atoms with van der Waals surface area (Å²) in [5.41, 5.74) is 0.123. The molecule has 6 nitrogen and oxygen atoms in total. The van der Waals surface area contributed by atoms with Crippen LogP contribution >= 0.6 is 0 Å². The third-order valence-electron chi connectivity index (χ3n) is 3.83. The minimum Gasteiger partial charge on any atom is -0.504 e. The summed E-state index contributed by atoms with van der Waals surface area (Å²) in [6, 6.07) is 0. The molecule has 0 radical (unpaired) electrons. The van der Waals surface area contributed by atoms with Crippen LogP contribution in [0, 0.1) is 6.92 Å². The van der Waals surface area contributed by atoms with Crippen LogP contribution in [-0.4, -0.2) is 36.0 Å². The molecule has 1 aliphatic heterocycles. The Labute approximate surface area is 128 Å². The number of hydrogen-bond acceptors (Lipinski definition) is 6. The van der Waals surface area contributed by atoms with E-state index in [0.29, 0.717) is 24.0 Å². The van der Waals surface area contributed by atoms with E-state index in [-0.39, 0.29) is 29.0 Å². The summed E-state index contributed by atoms with van der Waals surface area (Å²) in [5, 5.41) is 20.5. The zero-order valence-corrected chi connectivity index (χ0v) is 13.1. The van der Waals surface area contributed by atoms with Gasteiger partial charge in [0.2, 0.25) is 11.5 Å². The van der Waals surface area contributed by atoms with Gasteiger partial charge in [-0.15, -0.1) is 0 Å². The number of esters is 1. The maximum absolute atomic E-state index is 11.3. The van der Waals surface area contributed by atoms with Gasteiger partial charge in [-0.2, -0.15) is 0 Å². The zero-order chi connectivity index (χ0) is 16.5. The lowest BCUT2D eigenvalue weighted by molar-refractivity contribution is -0.144. The molecule has 1 fully saturated rings. The van der Waals surface area contributed by atoms with E-state index in [2.05, 4.69) is 0 Å². The summed E-state index contributed by atoms with van der Waals surface area (Å²) >= 11 is 0. The van der Waals surface area contributed by atoms with E-state index < -0.39 is 5.60 Å². The van der Waals surface area contributed by atoms with Gasteiger partial charge in [-0.25, -0.2) is 0 Å². The maximum atomic E-state index is 11.3. The van der Waals surface area contributed by atoms with Crippen LogP contribution in [0.3, 0.4) is 0 Å². The molecule has 120 valence electrons. The van der Waals surface area contributed by atoms with Crippen LogP contribution < -0.4 is 9.47 Å². The van der Waals surface area contributed by atoms with Crippen molar-refractivity contribution in [2.45, 2.75) is 32.3 Å². The van der Waals surface area contributed by atoms with Gasteiger partial charge in [0, 0.05) is 24.0 Å². The SMILES string of the molecule is COc1c(O)c(C)c(/C=C/C2(C)CCC(=O)O2)c(O)c1OC. The third kappa shape index (κ3) is 2.68. The fourth-order valence-corrected chi connectivity index (χ4v) is 2.48. The van der Waals surface area contributed by atoms with Crippen molar-refractivity contribution in [1.29, 1.82) is 0 Å². The number of methoxy groups -OCH3 is 2. The number of benzene rings is 1. The number of phenols is 2. The highest BCUT2D eigenvalue weighted by molar-refractivity contribution is 5.76. The van der Waals surface area contributed by atoms with Gasteiger partial charge in [0.25, 0.3) is 0 Å². The molecule has 1 heterocycles. The van der Waals surface area contributed by atoms with E-state index in [9.17, 15) is 15.0 Å². The number of rotatable bonds is 4. The summed E-state index contributed by atoms with van der Waals surface area (Å²) in [6.45, 7) is 3.45. The van der Waals surface area contributed by atoms with Gasteiger partial charge in [0.15, 0.2) is 11.5 Å². The van der Waals surface area contributed by atoms with Crippen LogP contribution in [0.4, 0.5) is 0 Å². The van der Waals surface area contributed by atoms with Crippen LogP contribution in [0.2, 0.25) is 0 Å². The Kier molecular flexibility index (Phi) is 4.21. The van der Waals surface area contributed by atoms with Crippen molar-refractivity contribution in [3.63, 3.8) is 0 Å². The number of ether oxygens (including phenoxy) is 3. The molecule has 0 bridgehead atoms. The average Bonchev–Trinajstić information content (AvgIpc) is 2.82. The Morgan fingerprint density at radius 1 is 1.18 bits per heavy atom. The first kappa shape index (κ1) is 16.0. The number of hydrogen-bond donors (Lipinski definition) is 2. The lowest BCUT2D eigenvalue weighted by Crippen LogP contribution is -2.20. The lowest BCUT2D eigenvalue weighted by Gasteiger charge is -2.19. The number of carbonyl (C=O) groups excluding carboxylic acids is 1. The highest BCUT2D eigenvalue weighted by Crippen LogP contribution is 2.48. The molecular formula is C16H20O6. The fourth-order valence-electron chi connectivity index (χ4n) is 2.48.